The Kier molecular flexibility index (Phi) is 7.22. The van der Waals surface area contributed by atoms with Crippen LogP contribution in [0.15, 0.2) is 21.5 Å². The second-order valence-corrected chi connectivity index (χ2v) is 9.52. The Bertz CT molecular complexity index is 1030. The highest BCUT2D eigenvalue weighted by Crippen LogP contribution is 2.47. The highest BCUT2D eigenvalue weighted by Gasteiger charge is 2.39. The van der Waals surface area contributed by atoms with Crippen LogP contribution in [0.1, 0.15) is 73.2 Å². The van der Waals surface area contributed by atoms with Crippen LogP contribution in [-0.4, -0.2) is 36.0 Å². The number of amides is 1. The minimum atomic E-state index is -0.227. The van der Waals surface area contributed by atoms with Crippen molar-refractivity contribution in [3.05, 3.63) is 40.3 Å². The van der Waals surface area contributed by atoms with Gasteiger partial charge in [-0.25, -0.2) is 0 Å². The zero-order chi connectivity index (χ0) is 23.5. The summed E-state index contributed by atoms with van der Waals surface area (Å²) in [4.78, 5) is 17.9. The molecule has 1 N–H and O–H groups in total. The molecule has 1 aromatic carbocycles. The molecule has 4 rings (SSSR count). The normalized spacial score (nSPS) is 18.9. The van der Waals surface area contributed by atoms with Gasteiger partial charge in [-0.2, -0.15) is 0 Å². The maximum Gasteiger partial charge on any atom is 0.287 e. The van der Waals surface area contributed by atoms with Crippen LogP contribution >= 0.6 is 11.8 Å². The molecule has 1 aromatic heterocycles. The zero-order valence-electron chi connectivity index (χ0n) is 19.9. The molecule has 178 valence electrons. The van der Waals surface area contributed by atoms with Crippen molar-refractivity contribution in [2.24, 2.45) is 4.99 Å². The van der Waals surface area contributed by atoms with Crippen molar-refractivity contribution in [1.29, 1.82) is 0 Å². The lowest BCUT2D eigenvalue weighted by atomic mass is 9.90. The lowest BCUT2D eigenvalue weighted by Crippen LogP contribution is -2.23. The van der Waals surface area contributed by atoms with E-state index in [1.165, 1.54) is 0 Å². The Morgan fingerprint density at radius 1 is 1.12 bits per heavy atom. The Labute approximate surface area is 199 Å². The van der Waals surface area contributed by atoms with Crippen LogP contribution in [0.5, 0.6) is 17.2 Å². The van der Waals surface area contributed by atoms with E-state index in [9.17, 15) is 4.79 Å². The van der Waals surface area contributed by atoms with E-state index in [-0.39, 0.29) is 11.9 Å². The molecule has 1 aliphatic heterocycles. The topological polar surface area (TPSA) is 82.3 Å². The number of fused-ring (bicyclic) bond motifs is 3. The standard InChI is InChI=1S/C25H32N2O5S/c1-6-29-18-11-16(12-19(30-7-2)24(18)31-8-3)13-26-25(28)23-14(4)21-17(32-23)9-10-20-22(21)27-15(5)33-20/h11-12,20,22H,6-10,13H2,1-5H3,(H,26,28)/t20-,22-/m0/s1. The summed E-state index contributed by atoms with van der Waals surface area (Å²) in [5.74, 6) is 2.86. The molecule has 2 aromatic rings. The van der Waals surface area contributed by atoms with E-state index in [0.29, 0.717) is 54.6 Å². The van der Waals surface area contributed by atoms with Crippen molar-refractivity contribution >= 4 is 22.7 Å². The quantitative estimate of drug-likeness (QED) is 0.538. The van der Waals surface area contributed by atoms with Crippen molar-refractivity contribution in [2.45, 2.75) is 65.3 Å². The summed E-state index contributed by atoms with van der Waals surface area (Å²) >= 11 is 1.84. The number of ether oxygens (including phenoxy) is 3. The predicted molar refractivity (Wildman–Crippen MR) is 130 cm³/mol. The number of nitrogens with zero attached hydrogens (tertiary/aromatic N) is 1. The smallest absolute Gasteiger partial charge is 0.287 e. The fraction of sp³-hybridized carbons (Fsp3) is 0.520. The predicted octanol–water partition coefficient (Wildman–Crippen LogP) is 5.24. The fourth-order valence-corrected chi connectivity index (χ4v) is 5.69. The molecule has 2 heterocycles. The summed E-state index contributed by atoms with van der Waals surface area (Å²) in [5.41, 5.74) is 2.85. The van der Waals surface area contributed by atoms with Gasteiger partial charge in [-0.05, 0) is 58.7 Å². The molecule has 1 aliphatic carbocycles. The molecular formula is C25H32N2O5S. The van der Waals surface area contributed by atoms with Crippen LogP contribution in [0.25, 0.3) is 0 Å². The zero-order valence-corrected chi connectivity index (χ0v) is 20.8. The van der Waals surface area contributed by atoms with Gasteiger partial charge < -0.3 is 23.9 Å². The highest BCUT2D eigenvalue weighted by atomic mass is 32.2. The van der Waals surface area contributed by atoms with Crippen molar-refractivity contribution in [2.75, 3.05) is 19.8 Å². The number of carbonyl (C=O) groups is 1. The van der Waals surface area contributed by atoms with Gasteiger partial charge in [-0.3, -0.25) is 9.79 Å². The van der Waals surface area contributed by atoms with E-state index in [4.69, 9.17) is 23.6 Å². The minimum Gasteiger partial charge on any atom is -0.490 e. The number of carbonyl (C=O) groups excluding carboxylic acids is 1. The molecule has 1 amide bonds. The molecule has 0 saturated heterocycles. The first kappa shape index (κ1) is 23.5. The Morgan fingerprint density at radius 3 is 2.42 bits per heavy atom. The number of hydrogen-bond acceptors (Lipinski definition) is 7. The third-order valence-corrected chi connectivity index (χ3v) is 7.09. The minimum absolute atomic E-state index is 0.0951. The molecular weight excluding hydrogens is 440 g/mol. The average molecular weight is 473 g/mol. The number of hydrogen-bond donors (Lipinski definition) is 1. The first-order valence-electron chi connectivity index (χ1n) is 11.6. The molecule has 0 spiro atoms. The summed E-state index contributed by atoms with van der Waals surface area (Å²) in [6.07, 6.45) is 1.86. The van der Waals surface area contributed by atoms with Crippen LogP contribution in [-0.2, 0) is 13.0 Å². The third-order valence-electron chi connectivity index (χ3n) is 5.85. The monoisotopic (exact) mass is 472 g/mol. The molecule has 2 aliphatic rings. The van der Waals surface area contributed by atoms with E-state index >= 15 is 0 Å². The highest BCUT2D eigenvalue weighted by molar-refractivity contribution is 8.14. The Balaban J connectivity index is 1.54. The van der Waals surface area contributed by atoms with Gasteiger partial charge in [0.2, 0.25) is 5.75 Å². The molecule has 0 fully saturated rings. The summed E-state index contributed by atoms with van der Waals surface area (Å²) in [6, 6.07) is 3.86. The molecule has 0 bridgehead atoms. The number of furan rings is 1. The van der Waals surface area contributed by atoms with Crippen molar-refractivity contribution in [3.8, 4) is 17.2 Å². The maximum absolute atomic E-state index is 13.1. The van der Waals surface area contributed by atoms with Crippen molar-refractivity contribution in [3.63, 3.8) is 0 Å². The number of rotatable bonds is 9. The van der Waals surface area contributed by atoms with Gasteiger partial charge in [0.15, 0.2) is 17.3 Å². The molecule has 7 nitrogen and oxygen atoms in total. The van der Waals surface area contributed by atoms with Gasteiger partial charge >= 0.3 is 0 Å². The second kappa shape index (κ2) is 10.1. The summed E-state index contributed by atoms with van der Waals surface area (Å²) < 4.78 is 23.4. The fourth-order valence-electron chi connectivity index (χ4n) is 4.52. The molecule has 2 atom stereocenters. The number of thioether (sulfide) groups is 1. The molecule has 0 saturated carbocycles. The van der Waals surface area contributed by atoms with E-state index in [0.717, 1.165) is 40.3 Å². The summed E-state index contributed by atoms with van der Waals surface area (Å²) in [7, 11) is 0. The first-order chi connectivity index (χ1) is 16.0. The average Bonchev–Trinajstić information content (AvgIpc) is 3.33. The van der Waals surface area contributed by atoms with E-state index < -0.39 is 0 Å². The van der Waals surface area contributed by atoms with Crippen molar-refractivity contribution < 1.29 is 23.4 Å². The van der Waals surface area contributed by atoms with Crippen molar-refractivity contribution in [1.82, 2.24) is 5.32 Å². The number of benzene rings is 1. The molecule has 33 heavy (non-hydrogen) atoms. The molecule has 0 unspecified atom stereocenters. The molecule has 0 radical (unpaired) electrons. The van der Waals surface area contributed by atoms with Crippen LogP contribution < -0.4 is 19.5 Å². The number of aliphatic imine (C=N–C) groups is 1. The van der Waals surface area contributed by atoms with Crippen LogP contribution in [0.3, 0.4) is 0 Å². The van der Waals surface area contributed by atoms with E-state index in [2.05, 4.69) is 12.2 Å². The number of nitrogens with one attached hydrogen (secondary N) is 1. The van der Waals surface area contributed by atoms with Gasteiger partial charge in [0.05, 0.1) is 30.9 Å². The number of aryl methyl sites for hydroxylation is 1. The van der Waals surface area contributed by atoms with Crippen LogP contribution in [0.4, 0.5) is 0 Å². The van der Waals surface area contributed by atoms with Gasteiger partial charge in [0.25, 0.3) is 5.91 Å². The second-order valence-electron chi connectivity index (χ2n) is 8.08. The lowest BCUT2D eigenvalue weighted by molar-refractivity contribution is 0.0920. The van der Waals surface area contributed by atoms with Gasteiger partial charge in [-0.1, -0.05) is 0 Å². The molecule has 8 heteroatoms. The maximum atomic E-state index is 13.1. The van der Waals surface area contributed by atoms with E-state index in [1.54, 1.807) is 0 Å². The first-order valence-corrected chi connectivity index (χ1v) is 12.5. The SMILES string of the molecule is CCOc1cc(CNC(=O)c2oc3c(c2C)[C@H]2N=C(C)S[C@H]2CC3)cc(OCC)c1OCC. The lowest BCUT2D eigenvalue weighted by Gasteiger charge is -2.22. The van der Waals surface area contributed by atoms with Crippen LogP contribution in [0.2, 0.25) is 0 Å². The third kappa shape index (κ3) is 4.71. The van der Waals surface area contributed by atoms with Gasteiger partial charge in [0, 0.05) is 29.3 Å². The van der Waals surface area contributed by atoms with Gasteiger partial charge in [-0.15, -0.1) is 11.8 Å². The summed E-state index contributed by atoms with van der Waals surface area (Å²) in [5, 5.41) is 4.55. The summed E-state index contributed by atoms with van der Waals surface area (Å²) in [6.45, 7) is 11.6. The Hall–Kier alpha value is -2.61. The largest absolute Gasteiger partial charge is 0.490 e. The van der Waals surface area contributed by atoms with Crippen LogP contribution in [0, 0.1) is 6.92 Å². The Morgan fingerprint density at radius 2 is 1.79 bits per heavy atom. The van der Waals surface area contributed by atoms with Gasteiger partial charge in [0.1, 0.15) is 5.76 Å². The van der Waals surface area contributed by atoms with E-state index in [1.807, 2.05) is 51.6 Å².